The van der Waals surface area contributed by atoms with Gasteiger partial charge in [0.2, 0.25) is 5.91 Å². The van der Waals surface area contributed by atoms with Crippen LogP contribution in [0.15, 0.2) is 18.2 Å². The number of amides is 1. The quantitative estimate of drug-likeness (QED) is 0.638. The van der Waals surface area contributed by atoms with Crippen LogP contribution in [0.4, 0.5) is 5.69 Å². The lowest BCUT2D eigenvalue weighted by Gasteiger charge is -2.15. The summed E-state index contributed by atoms with van der Waals surface area (Å²) in [5.74, 6) is -2.04. The number of carboxylic acids is 1. The molecule has 1 rings (SSSR count). The van der Waals surface area contributed by atoms with E-state index >= 15 is 0 Å². The number of aromatic carboxylic acids is 1. The molecule has 1 atom stereocenters. The molecular formula is C12H16N2O4. The Hall–Kier alpha value is -2.08. The Morgan fingerprint density at radius 2 is 1.94 bits per heavy atom. The number of carbonyl (C=O) groups is 2. The van der Waals surface area contributed by atoms with Crippen molar-refractivity contribution in [2.75, 3.05) is 5.32 Å². The highest BCUT2D eigenvalue weighted by Crippen LogP contribution is 2.22. The SMILES string of the molecule is CC(C)[C@H](N)C(=O)Nc1ccc(C(=O)O)c(O)c1. The molecule has 0 saturated heterocycles. The average molecular weight is 252 g/mol. The second-order valence-corrected chi connectivity index (χ2v) is 4.30. The predicted octanol–water partition coefficient (Wildman–Crippen LogP) is 1.01. The van der Waals surface area contributed by atoms with Crippen LogP contribution in [0.25, 0.3) is 0 Å². The largest absolute Gasteiger partial charge is 0.507 e. The average Bonchev–Trinajstić information content (AvgIpc) is 2.27. The number of carbonyl (C=O) groups excluding carboxylic acids is 1. The Bertz CT molecular complexity index is 471. The molecule has 0 aromatic heterocycles. The summed E-state index contributed by atoms with van der Waals surface area (Å²) >= 11 is 0. The lowest BCUT2D eigenvalue weighted by Crippen LogP contribution is -2.39. The van der Waals surface area contributed by atoms with Gasteiger partial charge < -0.3 is 21.3 Å². The Balaban J connectivity index is 2.84. The summed E-state index contributed by atoms with van der Waals surface area (Å²) in [4.78, 5) is 22.3. The summed E-state index contributed by atoms with van der Waals surface area (Å²) in [6.07, 6.45) is 0. The van der Waals surface area contributed by atoms with E-state index < -0.39 is 17.8 Å². The van der Waals surface area contributed by atoms with E-state index in [9.17, 15) is 14.7 Å². The van der Waals surface area contributed by atoms with E-state index in [2.05, 4.69) is 5.32 Å². The zero-order valence-electron chi connectivity index (χ0n) is 10.2. The predicted molar refractivity (Wildman–Crippen MR) is 66.5 cm³/mol. The minimum atomic E-state index is -1.23. The van der Waals surface area contributed by atoms with Crippen molar-refractivity contribution in [3.8, 4) is 5.75 Å². The minimum absolute atomic E-state index is 0.0168. The third-order valence-electron chi connectivity index (χ3n) is 2.52. The van der Waals surface area contributed by atoms with Crippen molar-refractivity contribution < 1.29 is 19.8 Å². The standard InChI is InChI=1S/C12H16N2O4/c1-6(2)10(13)11(16)14-7-3-4-8(12(17)18)9(15)5-7/h3-6,10,15H,13H2,1-2H3,(H,14,16)(H,17,18)/t10-/m0/s1. The second-order valence-electron chi connectivity index (χ2n) is 4.30. The van der Waals surface area contributed by atoms with E-state index in [4.69, 9.17) is 10.8 Å². The molecule has 6 heteroatoms. The number of phenols is 1. The zero-order chi connectivity index (χ0) is 13.9. The first-order chi connectivity index (χ1) is 8.32. The molecule has 0 fully saturated rings. The summed E-state index contributed by atoms with van der Waals surface area (Å²) < 4.78 is 0. The molecule has 0 unspecified atom stereocenters. The molecule has 98 valence electrons. The molecule has 0 saturated carbocycles. The van der Waals surface area contributed by atoms with Gasteiger partial charge >= 0.3 is 5.97 Å². The van der Waals surface area contributed by atoms with Crippen LogP contribution in [-0.2, 0) is 4.79 Å². The Morgan fingerprint density at radius 1 is 1.33 bits per heavy atom. The van der Waals surface area contributed by atoms with Gasteiger partial charge in [-0.2, -0.15) is 0 Å². The summed E-state index contributed by atoms with van der Waals surface area (Å²) in [7, 11) is 0. The van der Waals surface area contributed by atoms with Crippen molar-refractivity contribution >= 4 is 17.6 Å². The summed E-state index contributed by atoms with van der Waals surface area (Å²) in [5.41, 5.74) is 5.74. The topological polar surface area (TPSA) is 113 Å². The van der Waals surface area contributed by atoms with E-state index in [0.29, 0.717) is 5.69 Å². The smallest absolute Gasteiger partial charge is 0.339 e. The third kappa shape index (κ3) is 3.21. The molecule has 1 aromatic rings. The second kappa shape index (κ2) is 5.50. The highest BCUT2D eigenvalue weighted by atomic mass is 16.4. The highest BCUT2D eigenvalue weighted by molar-refractivity contribution is 5.96. The van der Waals surface area contributed by atoms with E-state index in [1.807, 2.05) is 13.8 Å². The van der Waals surface area contributed by atoms with Gasteiger partial charge in [0, 0.05) is 11.8 Å². The number of benzene rings is 1. The van der Waals surface area contributed by atoms with Crippen molar-refractivity contribution in [2.45, 2.75) is 19.9 Å². The van der Waals surface area contributed by atoms with Crippen LogP contribution in [0.3, 0.4) is 0 Å². The maximum absolute atomic E-state index is 11.6. The van der Waals surface area contributed by atoms with E-state index in [1.54, 1.807) is 0 Å². The molecule has 1 amide bonds. The maximum atomic E-state index is 11.6. The number of rotatable bonds is 4. The van der Waals surface area contributed by atoms with Crippen LogP contribution in [0.5, 0.6) is 5.75 Å². The van der Waals surface area contributed by atoms with Gasteiger partial charge in [0.1, 0.15) is 11.3 Å². The molecule has 1 aromatic carbocycles. The molecule has 0 aliphatic heterocycles. The Kier molecular flexibility index (Phi) is 4.28. The van der Waals surface area contributed by atoms with Gasteiger partial charge in [-0.3, -0.25) is 4.79 Å². The lowest BCUT2D eigenvalue weighted by atomic mass is 10.0. The van der Waals surface area contributed by atoms with Crippen LogP contribution >= 0.6 is 0 Å². The van der Waals surface area contributed by atoms with Crippen molar-refractivity contribution in [3.05, 3.63) is 23.8 Å². The normalized spacial score (nSPS) is 12.2. The van der Waals surface area contributed by atoms with Crippen LogP contribution in [0.2, 0.25) is 0 Å². The Labute approximate surface area is 104 Å². The van der Waals surface area contributed by atoms with Gasteiger partial charge in [-0.05, 0) is 18.1 Å². The van der Waals surface area contributed by atoms with E-state index in [-0.39, 0.29) is 17.4 Å². The molecule has 6 nitrogen and oxygen atoms in total. The highest BCUT2D eigenvalue weighted by Gasteiger charge is 2.18. The third-order valence-corrected chi connectivity index (χ3v) is 2.52. The van der Waals surface area contributed by atoms with Crippen molar-refractivity contribution in [2.24, 2.45) is 11.7 Å². The number of nitrogens with one attached hydrogen (secondary N) is 1. The summed E-state index contributed by atoms with van der Waals surface area (Å²) in [6.45, 7) is 3.63. The van der Waals surface area contributed by atoms with Crippen LogP contribution < -0.4 is 11.1 Å². The van der Waals surface area contributed by atoms with Gasteiger partial charge in [-0.1, -0.05) is 13.8 Å². The number of carboxylic acid groups (broad SMARTS) is 1. The van der Waals surface area contributed by atoms with Crippen LogP contribution in [0, 0.1) is 5.92 Å². The lowest BCUT2D eigenvalue weighted by molar-refractivity contribution is -0.118. The van der Waals surface area contributed by atoms with Crippen LogP contribution in [0.1, 0.15) is 24.2 Å². The number of aromatic hydroxyl groups is 1. The molecular weight excluding hydrogens is 236 g/mol. The molecule has 18 heavy (non-hydrogen) atoms. The van der Waals surface area contributed by atoms with Gasteiger partial charge in [0.15, 0.2) is 0 Å². The molecule has 0 heterocycles. The molecule has 5 N–H and O–H groups in total. The zero-order valence-corrected chi connectivity index (χ0v) is 10.2. The Morgan fingerprint density at radius 3 is 2.39 bits per heavy atom. The molecule has 0 aliphatic carbocycles. The number of nitrogens with two attached hydrogens (primary N) is 1. The van der Waals surface area contributed by atoms with E-state index in [0.717, 1.165) is 0 Å². The first-order valence-corrected chi connectivity index (χ1v) is 5.45. The minimum Gasteiger partial charge on any atom is -0.507 e. The number of anilines is 1. The van der Waals surface area contributed by atoms with Crippen molar-refractivity contribution in [1.29, 1.82) is 0 Å². The van der Waals surface area contributed by atoms with Gasteiger partial charge in [-0.15, -0.1) is 0 Å². The fraction of sp³-hybridized carbons (Fsp3) is 0.333. The molecule has 0 aliphatic rings. The summed E-state index contributed by atoms with van der Waals surface area (Å²) in [5, 5.41) is 20.7. The molecule has 0 radical (unpaired) electrons. The van der Waals surface area contributed by atoms with Gasteiger partial charge in [-0.25, -0.2) is 4.79 Å². The van der Waals surface area contributed by atoms with E-state index in [1.165, 1.54) is 18.2 Å². The fourth-order valence-corrected chi connectivity index (χ4v) is 1.32. The number of hydrogen-bond donors (Lipinski definition) is 4. The van der Waals surface area contributed by atoms with Crippen molar-refractivity contribution in [3.63, 3.8) is 0 Å². The van der Waals surface area contributed by atoms with Crippen molar-refractivity contribution in [1.82, 2.24) is 0 Å². The monoisotopic (exact) mass is 252 g/mol. The first-order valence-electron chi connectivity index (χ1n) is 5.45. The van der Waals surface area contributed by atoms with Crippen LogP contribution in [-0.4, -0.2) is 28.1 Å². The fourth-order valence-electron chi connectivity index (χ4n) is 1.32. The summed E-state index contributed by atoms with van der Waals surface area (Å²) in [6, 6.07) is 3.13. The first kappa shape index (κ1) is 14.0. The molecule has 0 spiro atoms. The van der Waals surface area contributed by atoms with Gasteiger partial charge in [0.25, 0.3) is 0 Å². The maximum Gasteiger partial charge on any atom is 0.339 e. The number of hydrogen-bond acceptors (Lipinski definition) is 4. The van der Waals surface area contributed by atoms with Gasteiger partial charge in [0.05, 0.1) is 6.04 Å². The molecule has 0 bridgehead atoms.